The predicted octanol–water partition coefficient (Wildman–Crippen LogP) is 1.39. The van der Waals surface area contributed by atoms with Crippen LogP contribution in [-0.2, 0) is 0 Å². The van der Waals surface area contributed by atoms with Gasteiger partial charge in [0.05, 0.1) is 17.6 Å². The lowest BCUT2D eigenvalue weighted by atomic mass is 10.2. The largest absolute Gasteiger partial charge is 0.383 e. The van der Waals surface area contributed by atoms with Crippen molar-refractivity contribution in [2.45, 2.75) is 0 Å². The quantitative estimate of drug-likeness (QED) is 0.489. The molecule has 0 amide bonds. The van der Waals surface area contributed by atoms with Gasteiger partial charge in [-0.3, -0.25) is 0 Å². The van der Waals surface area contributed by atoms with Gasteiger partial charge < -0.3 is 5.73 Å². The number of nitrogens with zero attached hydrogens (tertiary/aromatic N) is 1. The zero-order chi connectivity index (χ0) is 8.97. The van der Waals surface area contributed by atoms with Crippen LogP contribution in [0.2, 0.25) is 0 Å². The molecule has 1 rings (SSSR count). The summed E-state index contributed by atoms with van der Waals surface area (Å²) >= 11 is 5.31. The van der Waals surface area contributed by atoms with E-state index in [1.165, 1.54) is 6.07 Å². The van der Waals surface area contributed by atoms with Crippen molar-refractivity contribution >= 4 is 17.4 Å². The maximum absolute atomic E-state index is 12.6. The van der Waals surface area contributed by atoms with Crippen LogP contribution in [0, 0.1) is 17.7 Å². The summed E-state index contributed by atoms with van der Waals surface area (Å²) in [7, 11) is 0. The summed E-state index contributed by atoms with van der Waals surface area (Å²) in [6.45, 7) is 0. The number of nitrogens with two attached hydrogens (primary N) is 1. The van der Waals surface area contributed by atoms with Gasteiger partial charge in [0.2, 0.25) is 0 Å². The summed E-state index contributed by atoms with van der Waals surface area (Å²) in [6, 6.07) is 1.22. The maximum Gasteiger partial charge on any atom is 0.142 e. The van der Waals surface area contributed by atoms with Gasteiger partial charge in [0.15, 0.2) is 0 Å². The van der Waals surface area contributed by atoms with Gasteiger partial charge in [-0.2, -0.15) is 0 Å². The maximum atomic E-state index is 12.6. The predicted molar refractivity (Wildman–Crippen MR) is 46.2 cm³/mol. The summed E-state index contributed by atoms with van der Waals surface area (Å²) in [5.74, 6) is 5.11. The van der Waals surface area contributed by atoms with Gasteiger partial charge in [-0.05, 0) is 6.07 Å². The molecule has 0 fully saturated rings. The standard InChI is InChI=1S/C8H6ClFN2/c9-3-1-2-6-4-7(10)5-12-8(6)11/h4-5H,3H2,(H2,11,12). The molecule has 0 radical (unpaired) electrons. The molecule has 0 aliphatic rings. The zero-order valence-corrected chi connectivity index (χ0v) is 6.90. The molecule has 1 aromatic rings. The smallest absolute Gasteiger partial charge is 0.142 e. The number of hydrogen-bond acceptors (Lipinski definition) is 2. The van der Waals surface area contributed by atoms with Crippen molar-refractivity contribution in [3.63, 3.8) is 0 Å². The fourth-order valence-corrected chi connectivity index (χ4v) is 0.745. The van der Waals surface area contributed by atoms with Crippen LogP contribution in [-0.4, -0.2) is 10.9 Å². The summed E-state index contributed by atoms with van der Waals surface area (Å²) in [5.41, 5.74) is 5.78. The number of alkyl halides is 1. The molecule has 0 bridgehead atoms. The van der Waals surface area contributed by atoms with Crippen molar-refractivity contribution in [2.24, 2.45) is 0 Å². The Balaban J connectivity index is 3.05. The second-order valence-electron chi connectivity index (χ2n) is 2.02. The molecule has 0 saturated carbocycles. The third-order valence-electron chi connectivity index (χ3n) is 1.18. The van der Waals surface area contributed by atoms with Gasteiger partial charge in [-0.15, -0.1) is 11.6 Å². The Labute approximate surface area is 74.6 Å². The first-order valence-corrected chi connectivity index (χ1v) is 3.73. The monoisotopic (exact) mass is 184 g/mol. The van der Waals surface area contributed by atoms with Gasteiger partial charge >= 0.3 is 0 Å². The minimum atomic E-state index is -0.455. The molecule has 0 aliphatic carbocycles. The normalized spacial score (nSPS) is 8.83. The van der Waals surface area contributed by atoms with Crippen LogP contribution in [0.4, 0.5) is 10.2 Å². The Morgan fingerprint density at radius 1 is 1.67 bits per heavy atom. The highest BCUT2D eigenvalue weighted by Crippen LogP contribution is 2.07. The summed E-state index contributed by atoms with van der Waals surface area (Å²) in [6.07, 6.45) is 1.04. The number of nitrogen functional groups attached to an aromatic ring is 1. The average Bonchev–Trinajstić information content (AvgIpc) is 2.07. The van der Waals surface area contributed by atoms with Gasteiger partial charge in [-0.25, -0.2) is 9.37 Å². The first-order chi connectivity index (χ1) is 5.74. The molecule has 0 atom stereocenters. The van der Waals surface area contributed by atoms with E-state index in [1.807, 2.05) is 0 Å². The Bertz CT molecular complexity index is 341. The summed E-state index contributed by atoms with van der Waals surface area (Å²) < 4.78 is 12.6. The molecule has 2 N–H and O–H groups in total. The molecule has 0 aromatic carbocycles. The minimum absolute atomic E-state index is 0.190. The highest BCUT2D eigenvalue weighted by molar-refractivity contribution is 6.19. The summed E-state index contributed by atoms with van der Waals surface area (Å²) in [4.78, 5) is 3.59. The van der Waals surface area contributed by atoms with Crippen LogP contribution < -0.4 is 5.73 Å². The number of halogens is 2. The van der Waals surface area contributed by atoms with E-state index < -0.39 is 5.82 Å². The van der Waals surface area contributed by atoms with E-state index in [0.29, 0.717) is 5.56 Å². The molecule has 4 heteroatoms. The van der Waals surface area contributed by atoms with Crippen molar-refractivity contribution in [1.82, 2.24) is 4.98 Å². The average molecular weight is 185 g/mol. The number of rotatable bonds is 0. The van der Waals surface area contributed by atoms with Crippen LogP contribution >= 0.6 is 11.6 Å². The Morgan fingerprint density at radius 2 is 2.42 bits per heavy atom. The first kappa shape index (κ1) is 8.82. The van der Waals surface area contributed by atoms with E-state index in [-0.39, 0.29) is 11.7 Å². The number of anilines is 1. The second-order valence-corrected chi connectivity index (χ2v) is 2.29. The second kappa shape index (κ2) is 3.93. The zero-order valence-electron chi connectivity index (χ0n) is 6.14. The van der Waals surface area contributed by atoms with E-state index in [1.54, 1.807) is 0 Å². The number of aromatic nitrogens is 1. The third-order valence-corrected chi connectivity index (χ3v) is 1.31. The van der Waals surface area contributed by atoms with Crippen LogP contribution in [0.5, 0.6) is 0 Å². The van der Waals surface area contributed by atoms with Crippen LogP contribution in [0.25, 0.3) is 0 Å². The summed E-state index contributed by atoms with van der Waals surface area (Å²) in [5, 5.41) is 0. The van der Waals surface area contributed by atoms with E-state index in [9.17, 15) is 4.39 Å². The van der Waals surface area contributed by atoms with Crippen molar-refractivity contribution in [1.29, 1.82) is 0 Å². The molecule has 1 aromatic heterocycles. The van der Waals surface area contributed by atoms with Gasteiger partial charge in [0.1, 0.15) is 11.6 Å². The van der Waals surface area contributed by atoms with E-state index in [0.717, 1.165) is 6.20 Å². The molecule has 62 valence electrons. The van der Waals surface area contributed by atoms with Gasteiger partial charge in [0.25, 0.3) is 0 Å². The van der Waals surface area contributed by atoms with Gasteiger partial charge in [0, 0.05) is 0 Å². The van der Waals surface area contributed by atoms with E-state index in [4.69, 9.17) is 17.3 Å². The molecular weight excluding hydrogens is 179 g/mol. The Hall–Kier alpha value is -1.27. The topological polar surface area (TPSA) is 38.9 Å². The lowest BCUT2D eigenvalue weighted by Crippen LogP contribution is -1.95. The fourth-order valence-electron chi connectivity index (χ4n) is 0.679. The van der Waals surface area contributed by atoms with Crippen molar-refractivity contribution in [3.05, 3.63) is 23.6 Å². The van der Waals surface area contributed by atoms with Crippen LogP contribution in [0.15, 0.2) is 12.3 Å². The van der Waals surface area contributed by atoms with Crippen molar-refractivity contribution in [3.8, 4) is 11.8 Å². The number of hydrogen-bond donors (Lipinski definition) is 1. The Kier molecular flexibility index (Phi) is 2.89. The van der Waals surface area contributed by atoms with Crippen molar-refractivity contribution < 1.29 is 4.39 Å². The van der Waals surface area contributed by atoms with Crippen LogP contribution in [0.3, 0.4) is 0 Å². The Morgan fingerprint density at radius 3 is 3.08 bits per heavy atom. The molecule has 0 saturated heterocycles. The third kappa shape index (κ3) is 2.11. The minimum Gasteiger partial charge on any atom is -0.383 e. The SMILES string of the molecule is Nc1ncc(F)cc1C#CCCl. The first-order valence-electron chi connectivity index (χ1n) is 3.20. The lowest BCUT2D eigenvalue weighted by molar-refractivity contribution is 0.621. The van der Waals surface area contributed by atoms with Crippen LogP contribution in [0.1, 0.15) is 5.56 Å². The van der Waals surface area contributed by atoms with E-state index in [2.05, 4.69) is 16.8 Å². The highest BCUT2D eigenvalue weighted by Gasteiger charge is 1.97. The molecule has 1 heterocycles. The van der Waals surface area contributed by atoms with Crippen molar-refractivity contribution in [2.75, 3.05) is 11.6 Å². The highest BCUT2D eigenvalue weighted by atomic mass is 35.5. The van der Waals surface area contributed by atoms with Gasteiger partial charge in [-0.1, -0.05) is 11.8 Å². The molecule has 0 unspecified atom stereocenters. The van der Waals surface area contributed by atoms with E-state index >= 15 is 0 Å². The molecule has 0 spiro atoms. The molecule has 2 nitrogen and oxygen atoms in total. The molecule has 0 aliphatic heterocycles. The fraction of sp³-hybridized carbons (Fsp3) is 0.125. The lowest BCUT2D eigenvalue weighted by Gasteiger charge is -1.95. The number of pyridine rings is 1. The molecule has 12 heavy (non-hydrogen) atoms. The molecular formula is C8H6ClFN2.